The summed E-state index contributed by atoms with van der Waals surface area (Å²) in [5.74, 6) is -0.339. The highest BCUT2D eigenvalue weighted by molar-refractivity contribution is 7.92. The van der Waals surface area contributed by atoms with Crippen molar-refractivity contribution in [1.29, 1.82) is 0 Å². The quantitative estimate of drug-likeness (QED) is 0.450. The Hall–Kier alpha value is -2.28. The fourth-order valence-corrected chi connectivity index (χ4v) is 4.42. The molecule has 0 spiro atoms. The molecule has 28 heavy (non-hydrogen) atoms. The van der Waals surface area contributed by atoms with Gasteiger partial charge in [-0.25, -0.2) is 8.42 Å². The van der Waals surface area contributed by atoms with E-state index in [1.54, 1.807) is 6.07 Å². The molecule has 0 heterocycles. The first-order valence-electron chi connectivity index (χ1n) is 9.22. The van der Waals surface area contributed by atoms with Gasteiger partial charge in [0.1, 0.15) is 0 Å². The Morgan fingerprint density at radius 1 is 1.00 bits per heavy atom. The number of halogens is 2. The summed E-state index contributed by atoms with van der Waals surface area (Å²) in [5, 5.41) is -3.85. The molecule has 0 N–H and O–H groups in total. The third-order valence-corrected chi connectivity index (χ3v) is 6.76. The Morgan fingerprint density at radius 2 is 1.61 bits per heavy atom. The molecule has 0 bridgehead atoms. The van der Waals surface area contributed by atoms with Crippen LogP contribution < -0.4 is 0 Å². The lowest BCUT2D eigenvalue weighted by atomic mass is 10.1. The van der Waals surface area contributed by atoms with Crippen LogP contribution in [0.2, 0.25) is 0 Å². The van der Waals surface area contributed by atoms with Crippen LogP contribution in [0.3, 0.4) is 0 Å². The number of hydrogen-bond donors (Lipinski definition) is 0. The molecule has 2 aromatic rings. The van der Waals surface area contributed by atoms with Crippen molar-refractivity contribution in [3.63, 3.8) is 0 Å². The van der Waals surface area contributed by atoms with E-state index in [-0.39, 0.29) is 37.3 Å². The van der Waals surface area contributed by atoms with Gasteiger partial charge in [0.05, 0.1) is 17.4 Å². The van der Waals surface area contributed by atoms with Crippen molar-refractivity contribution >= 4 is 15.8 Å². The molecule has 1 aliphatic rings. The smallest absolute Gasteiger partial charge is 0.350 e. The van der Waals surface area contributed by atoms with Crippen LogP contribution in [0.25, 0.3) is 0 Å². The molecule has 1 fully saturated rings. The maximum absolute atomic E-state index is 14.2. The van der Waals surface area contributed by atoms with Gasteiger partial charge in [-0.15, -0.1) is 0 Å². The van der Waals surface area contributed by atoms with Crippen molar-refractivity contribution < 1.29 is 26.7 Å². The van der Waals surface area contributed by atoms with Crippen molar-refractivity contribution in [1.82, 2.24) is 0 Å². The molecule has 2 aromatic carbocycles. The molecular weight excluding hydrogens is 386 g/mol. The molecule has 0 radical (unpaired) electrons. The predicted molar refractivity (Wildman–Crippen MR) is 101 cm³/mol. The minimum Gasteiger partial charge on any atom is -0.465 e. The number of unbranched alkanes of at least 4 members (excludes halogenated alkanes) is 1. The van der Waals surface area contributed by atoms with Crippen LogP contribution in [0.5, 0.6) is 0 Å². The summed E-state index contributed by atoms with van der Waals surface area (Å²) in [7, 11) is -4.72. The van der Waals surface area contributed by atoms with E-state index in [0.29, 0.717) is 0 Å². The molecule has 1 saturated carbocycles. The molecule has 0 aliphatic heterocycles. The Labute approximate surface area is 163 Å². The van der Waals surface area contributed by atoms with Crippen molar-refractivity contribution in [2.24, 2.45) is 5.92 Å². The summed E-state index contributed by atoms with van der Waals surface area (Å²) in [6.45, 7) is 0.0122. The van der Waals surface area contributed by atoms with Gasteiger partial charge in [0.25, 0.3) is 0 Å². The number of alkyl halides is 2. The Morgan fingerprint density at radius 3 is 2.25 bits per heavy atom. The lowest BCUT2D eigenvalue weighted by Gasteiger charge is -2.17. The number of ether oxygens (including phenoxy) is 1. The van der Waals surface area contributed by atoms with Crippen LogP contribution >= 0.6 is 0 Å². The Kier molecular flexibility index (Phi) is 6.13. The van der Waals surface area contributed by atoms with Crippen LogP contribution in [-0.2, 0) is 19.4 Å². The molecule has 2 atom stereocenters. The van der Waals surface area contributed by atoms with Crippen LogP contribution in [0.1, 0.15) is 37.2 Å². The summed E-state index contributed by atoms with van der Waals surface area (Å²) < 4.78 is 57.6. The third kappa shape index (κ3) is 4.58. The van der Waals surface area contributed by atoms with E-state index < -0.39 is 26.4 Å². The Bertz CT molecular complexity index is 899. The first kappa shape index (κ1) is 20.5. The van der Waals surface area contributed by atoms with Gasteiger partial charge in [-0.2, -0.15) is 8.78 Å². The topological polar surface area (TPSA) is 60.4 Å². The highest BCUT2D eigenvalue weighted by Crippen LogP contribution is 2.48. The zero-order chi connectivity index (χ0) is 20.2. The van der Waals surface area contributed by atoms with Crippen LogP contribution in [0.15, 0.2) is 65.6 Å². The molecular formula is C21H22F2O4S. The number of benzene rings is 2. The van der Waals surface area contributed by atoms with Crippen LogP contribution in [0, 0.1) is 5.92 Å². The monoisotopic (exact) mass is 408 g/mol. The van der Waals surface area contributed by atoms with E-state index in [9.17, 15) is 22.0 Å². The number of rotatable bonds is 9. The Balaban J connectivity index is 1.40. The fourth-order valence-electron chi connectivity index (χ4n) is 3.14. The summed E-state index contributed by atoms with van der Waals surface area (Å²) in [5.41, 5.74) is 1.09. The molecule has 4 nitrogen and oxygen atoms in total. The zero-order valence-electron chi connectivity index (χ0n) is 15.3. The van der Waals surface area contributed by atoms with E-state index in [1.165, 1.54) is 12.1 Å². The molecule has 0 saturated heterocycles. The third-order valence-electron chi connectivity index (χ3n) is 4.87. The number of esters is 1. The van der Waals surface area contributed by atoms with E-state index in [2.05, 4.69) is 0 Å². The molecule has 0 aromatic heterocycles. The lowest BCUT2D eigenvalue weighted by Crippen LogP contribution is -2.29. The second-order valence-corrected chi connectivity index (χ2v) is 9.01. The molecule has 3 rings (SSSR count). The summed E-state index contributed by atoms with van der Waals surface area (Å²) >= 11 is 0. The highest BCUT2D eigenvalue weighted by atomic mass is 32.2. The van der Waals surface area contributed by atoms with Gasteiger partial charge in [0.15, 0.2) is 0 Å². The summed E-state index contributed by atoms with van der Waals surface area (Å²) in [4.78, 5) is 11.6. The normalized spacial score (nSPS) is 19.2. The molecule has 150 valence electrons. The van der Waals surface area contributed by atoms with E-state index >= 15 is 0 Å². The largest absolute Gasteiger partial charge is 0.465 e. The standard InChI is InChI=1S/C21H22F2O4S/c22-21(23,28(25,26)17-11-5-2-6-12-17)13-7-8-14-27-20(24)19-15-18(19)16-9-3-1-4-10-16/h1-6,9-12,18-19H,7-8,13-15H2/t18-,19+/m0/s1. The van der Waals surface area contributed by atoms with Gasteiger partial charge in [0, 0.05) is 6.42 Å². The first-order chi connectivity index (χ1) is 13.3. The summed E-state index contributed by atoms with van der Waals surface area (Å²) in [6, 6.07) is 16.4. The van der Waals surface area contributed by atoms with Crippen molar-refractivity contribution in [2.45, 2.75) is 41.8 Å². The second kappa shape index (κ2) is 8.39. The van der Waals surface area contributed by atoms with Crippen molar-refractivity contribution in [3.8, 4) is 0 Å². The van der Waals surface area contributed by atoms with Gasteiger partial charge < -0.3 is 4.74 Å². The SMILES string of the molecule is O=C(OCCCCC(F)(F)S(=O)(=O)c1ccccc1)[C@@H]1C[C@H]1c1ccccc1. The lowest BCUT2D eigenvalue weighted by molar-refractivity contribution is -0.145. The molecule has 0 unspecified atom stereocenters. The van der Waals surface area contributed by atoms with Gasteiger partial charge in [-0.3, -0.25) is 4.79 Å². The van der Waals surface area contributed by atoms with Gasteiger partial charge in [0.2, 0.25) is 9.84 Å². The van der Waals surface area contributed by atoms with E-state index in [1.807, 2.05) is 30.3 Å². The molecule has 7 heteroatoms. The van der Waals surface area contributed by atoms with Crippen LogP contribution in [-0.4, -0.2) is 26.2 Å². The average molecular weight is 408 g/mol. The fraction of sp³-hybridized carbons (Fsp3) is 0.381. The van der Waals surface area contributed by atoms with Gasteiger partial charge in [-0.1, -0.05) is 48.5 Å². The number of sulfone groups is 1. The van der Waals surface area contributed by atoms with E-state index in [0.717, 1.165) is 24.1 Å². The zero-order valence-corrected chi connectivity index (χ0v) is 16.1. The minimum atomic E-state index is -4.72. The van der Waals surface area contributed by atoms with E-state index in [4.69, 9.17) is 4.74 Å². The number of carbonyl (C=O) groups excluding carboxylic acids is 1. The van der Waals surface area contributed by atoms with Crippen molar-refractivity contribution in [3.05, 3.63) is 66.2 Å². The maximum Gasteiger partial charge on any atom is 0.350 e. The molecule has 0 amide bonds. The second-order valence-electron chi connectivity index (χ2n) is 6.94. The van der Waals surface area contributed by atoms with Crippen LogP contribution in [0.4, 0.5) is 8.78 Å². The minimum absolute atomic E-state index is 0.0122. The molecule has 1 aliphatic carbocycles. The predicted octanol–water partition coefficient (Wildman–Crippen LogP) is 4.57. The average Bonchev–Trinajstić information content (AvgIpc) is 3.50. The summed E-state index contributed by atoms with van der Waals surface area (Å²) in [6.07, 6.45) is 0.0571. The van der Waals surface area contributed by atoms with Gasteiger partial charge in [-0.05, 0) is 42.9 Å². The number of carbonyl (C=O) groups is 1. The van der Waals surface area contributed by atoms with Crippen molar-refractivity contribution in [2.75, 3.05) is 6.61 Å². The number of hydrogen-bond acceptors (Lipinski definition) is 4. The first-order valence-corrected chi connectivity index (χ1v) is 10.7. The van der Waals surface area contributed by atoms with Gasteiger partial charge >= 0.3 is 11.2 Å². The maximum atomic E-state index is 14.2. The highest BCUT2D eigenvalue weighted by Gasteiger charge is 2.46.